The molecule has 1 fully saturated rings. The van der Waals surface area contributed by atoms with Crippen molar-refractivity contribution in [1.82, 2.24) is 0 Å². The fourth-order valence-corrected chi connectivity index (χ4v) is 4.92. The molecule has 0 aromatic heterocycles. The molecule has 0 bridgehead atoms. The van der Waals surface area contributed by atoms with E-state index in [1.54, 1.807) is 6.07 Å². The Hall–Kier alpha value is -2.01. The summed E-state index contributed by atoms with van der Waals surface area (Å²) in [4.78, 5) is 2.69. The monoisotopic (exact) mass is 356 g/mol. The number of hydrogen-bond acceptors (Lipinski definition) is 3. The lowest BCUT2D eigenvalue weighted by atomic mass is 9.92. The summed E-state index contributed by atoms with van der Waals surface area (Å²) in [6, 6.07) is 13.2. The van der Waals surface area contributed by atoms with E-state index in [-0.39, 0.29) is 0 Å². The molecular formula is C20H24N2O2S. The molecule has 2 aromatic rings. The second-order valence-electron chi connectivity index (χ2n) is 6.98. The Morgan fingerprint density at radius 3 is 2.20 bits per heavy atom. The van der Waals surface area contributed by atoms with Gasteiger partial charge in [-0.15, -0.1) is 0 Å². The first-order chi connectivity index (χ1) is 12.1. The molecule has 1 heterocycles. The van der Waals surface area contributed by atoms with Crippen LogP contribution in [0.25, 0.3) is 0 Å². The summed E-state index contributed by atoms with van der Waals surface area (Å²) >= 11 is 0. The van der Waals surface area contributed by atoms with Crippen molar-refractivity contribution in [3.8, 4) is 0 Å². The molecule has 25 heavy (non-hydrogen) atoms. The lowest BCUT2D eigenvalue weighted by molar-refractivity contribution is 0.600. The third-order valence-corrected chi connectivity index (χ3v) is 6.60. The number of nitrogens with zero attached hydrogens (tertiary/aromatic N) is 1. The molecule has 132 valence electrons. The van der Waals surface area contributed by atoms with Gasteiger partial charge in [-0.2, -0.15) is 0 Å². The second-order valence-corrected chi connectivity index (χ2v) is 8.67. The summed E-state index contributed by atoms with van der Waals surface area (Å²) in [7, 11) is -3.54. The van der Waals surface area contributed by atoms with Gasteiger partial charge in [-0.05, 0) is 86.1 Å². The lowest BCUT2D eigenvalue weighted by Gasteiger charge is -2.18. The van der Waals surface area contributed by atoms with Gasteiger partial charge >= 0.3 is 0 Å². The minimum atomic E-state index is -3.54. The highest BCUT2D eigenvalue weighted by Crippen LogP contribution is 2.26. The van der Waals surface area contributed by atoms with E-state index in [0.29, 0.717) is 10.6 Å². The molecule has 0 unspecified atom stereocenters. The summed E-state index contributed by atoms with van der Waals surface area (Å²) in [6.07, 6.45) is 6.83. The average Bonchev–Trinajstić information content (AvgIpc) is 3.16. The van der Waals surface area contributed by atoms with Crippen molar-refractivity contribution in [1.29, 1.82) is 0 Å². The molecule has 0 saturated carbocycles. The minimum Gasteiger partial charge on any atom is -0.372 e. The average molecular weight is 356 g/mol. The van der Waals surface area contributed by atoms with Crippen molar-refractivity contribution in [2.45, 2.75) is 43.4 Å². The maximum absolute atomic E-state index is 12.7. The van der Waals surface area contributed by atoms with Gasteiger partial charge in [-0.3, -0.25) is 4.72 Å². The van der Waals surface area contributed by atoms with E-state index in [2.05, 4.69) is 9.62 Å². The van der Waals surface area contributed by atoms with Crippen LogP contribution in [0, 0.1) is 0 Å². The number of hydrogen-bond donors (Lipinski definition) is 1. The number of nitrogens with one attached hydrogen (secondary N) is 1. The van der Waals surface area contributed by atoms with E-state index in [1.807, 2.05) is 36.4 Å². The Bertz CT molecular complexity index is 854. The molecule has 2 aliphatic rings. The van der Waals surface area contributed by atoms with Crippen molar-refractivity contribution in [2.75, 3.05) is 22.7 Å². The zero-order valence-electron chi connectivity index (χ0n) is 14.4. The molecule has 1 N–H and O–H groups in total. The minimum absolute atomic E-state index is 0.358. The van der Waals surface area contributed by atoms with Crippen LogP contribution in [0.5, 0.6) is 0 Å². The molecule has 2 aromatic carbocycles. The molecule has 0 amide bonds. The number of rotatable bonds is 4. The van der Waals surface area contributed by atoms with Gasteiger partial charge in [0.15, 0.2) is 0 Å². The van der Waals surface area contributed by atoms with Gasteiger partial charge in [-0.25, -0.2) is 8.42 Å². The maximum atomic E-state index is 12.7. The number of sulfonamides is 1. The summed E-state index contributed by atoms with van der Waals surface area (Å²) in [6.45, 7) is 2.17. The zero-order valence-corrected chi connectivity index (χ0v) is 15.2. The summed E-state index contributed by atoms with van der Waals surface area (Å²) < 4.78 is 28.1. The highest BCUT2D eigenvalue weighted by molar-refractivity contribution is 7.92. The SMILES string of the molecule is O=S(=O)(Nc1ccc(N2CCCC2)cc1)c1ccc2c(c1)CCCC2. The molecular weight excluding hydrogens is 332 g/mol. The largest absolute Gasteiger partial charge is 0.372 e. The van der Waals surface area contributed by atoms with Gasteiger partial charge in [0, 0.05) is 24.5 Å². The molecule has 1 saturated heterocycles. The van der Waals surface area contributed by atoms with Gasteiger partial charge < -0.3 is 4.90 Å². The Labute approximate surface area is 149 Å². The van der Waals surface area contributed by atoms with Gasteiger partial charge in [-0.1, -0.05) is 6.07 Å². The molecule has 5 heteroatoms. The molecule has 1 aliphatic heterocycles. The fraction of sp³-hybridized carbons (Fsp3) is 0.400. The Balaban J connectivity index is 1.52. The molecule has 4 rings (SSSR count). The second kappa shape index (κ2) is 6.71. The van der Waals surface area contributed by atoms with E-state index >= 15 is 0 Å². The molecule has 0 spiro atoms. The van der Waals surface area contributed by atoms with Crippen LogP contribution in [0.2, 0.25) is 0 Å². The molecule has 1 aliphatic carbocycles. The van der Waals surface area contributed by atoms with Crippen LogP contribution < -0.4 is 9.62 Å². The van der Waals surface area contributed by atoms with Crippen LogP contribution in [-0.4, -0.2) is 21.5 Å². The van der Waals surface area contributed by atoms with Crippen LogP contribution in [0.1, 0.15) is 36.8 Å². The van der Waals surface area contributed by atoms with Crippen molar-refractivity contribution < 1.29 is 8.42 Å². The normalized spacial score (nSPS) is 17.4. The van der Waals surface area contributed by atoms with Crippen LogP contribution in [-0.2, 0) is 22.9 Å². The van der Waals surface area contributed by atoms with Crippen LogP contribution in [0.3, 0.4) is 0 Å². The highest BCUT2D eigenvalue weighted by atomic mass is 32.2. The van der Waals surface area contributed by atoms with E-state index in [0.717, 1.165) is 38.0 Å². The third kappa shape index (κ3) is 3.52. The first-order valence-electron chi connectivity index (χ1n) is 9.11. The van der Waals surface area contributed by atoms with Gasteiger partial charge in [0.05, 0.1) is 4.90 Å². The van der Waals surface area contributed by atoms with E-state index in [1.165, 1.54) is 30.4 Å². The van der Waals surface area contributed by atoms with Gasteiger partial charge in [0.2, 0.25) is 0 Å². The van der Waals surface area contributed by atoms with Gasteiger partial charge in [0.25, 0.3) is 10.0 Å². The Kier molecular flexibility index (Phi) is 4.42. The van der Waals surface area contributed by atoms with E-state index in [4.69, 9.17) is 0 Å². The number of fused-ring (bicyclic) bond motifs is 1. The van der Waals surface area contributed by atoms with Crippen LogP contribution >= 0.6 is 0 Å². The quantitative estimate of drug-likeness (QED) is 0.902. The van der Waals surface area contributed by atoms with Crippen molar-refractivity contribution >= 4 is 21.4 Å². The Morgan fingerprint density at radius 2 is 1.48 bits per heavy atom. The molecule has 4 nitrogen and oxygen atoms in total. The van der Waals surface area contributed by atoms with Crippen molar-refractivity contribution in [3.63, 3.8) is 0 Å². The fourth-order valence-electron chi connectivity index (χ4n) is 3.81. The molecule has 0 atom stereocenters. The van der Waals surface area contributed by atoms with E-state index < -0.39 is 10.0 Å². The van der Waals surface area contributed by atoms with Crippen molar-refractivity contribution in [2.24, 2.45) is 0 Å². The highest BCUT2D eigenvalue weighted by Gasteiger charge is 2.18. The van der Waals surface area contributed by atoms with Crippen LogP contribution in [0.4, 0.5) is 11.4 Å². The standard InChI is InChI=1S/C20H24N2O2S/c23-25(24,20-12-7-16-5-1-2-6-17(16)15-20)21-18-8-10-19(11-9-18)22-13-3-4-14-22/h7-12,15,21H,1-6,13-14H2. The Morgan fingerprint density at radius 1 is 0.800 bits per heavy atom. The predicted octanol–water partition coefficient (Wildman–Crippen LogP) is 3.97. The topological polar surface area (TPSA) is 49.4 Å². The van der Waals surface area contributed by atoms with Gasteiger partial charge in [0.1, 0.15) is 0 Å². The zero-order chi connectivity index (χ0) is 17.3. The summed E-state index contributed by atoms with van der Waals surface area (Å²) in [5.74, 6) is 0. The first kappa shape index (κ1) is 16.5. The molecule has 0 radical (unpaired) electrons. The number of benzene rings is 2. The van der Waals surface area contributed by atoms with Crippen LogP contribution in [0.15, 0.2) is 47.4 Å². The van der Waals surface area contributed by atoms with Crippen molar-refractivity contribution in [3.05, 3.63) is 53.6 Å². The maximum Gasteiger partial charge on any atom is 0.261 e. The van der Waals surface area contributed by atoms with E-state index in [9.17, 15) is 8.42 Å². The first-order valence-corrected chi connectivity index (χ1v) is 10.6. The third-order valence-electron chi connectivity index (χ3n) is 5.22. The summed E-state index contributed by atoms with van der Waals surface area (Å²) in [5.41, 5.74) is 4.24. The number of anilines is 2. The smallest absolute Gasteiger partial charge is 0.261 e. The predicted molar refractivity (Wildman–Crippen MR) is 102 cm³/mol. The lowest BCUT2D eigenvalue weighted by Crippen LogP contribution is -2.17. The number of aryl methyl sites for hydroxylation is 2. The summed E-state index contributed by atoms with van der Waals surface area (Å²) in [5, 5.41) is 0.